The summed E-state index contributed by atoms with van der Waals surface area (Å²) in [4.78, 5) is 0. The van der Waals surface area contributed by atoms with Crippen molar-refractivity contribution < 1.29 is 4.74 Å². The van der Waals surface area contributed by atoms with Gasteiger partial charge in [0.25, 0.3) is 0 Å². The topological polar surface area (TPSA) is 73.3 Å². The van der Waals surface area contributed by atoms with Gasteiger partial charge in [-0.2, -0.15) is 0 Å². The van der Waals surface area contributed by atoms with Crippen LogP contribution in [0.15, 0.2) is 24.3 Å². The molecule has 0 radical (unpaired) electrons. The second-order valence-electron chi connectivity index (χ2n) is 2.34. The maximum absolute atomic E-state index is 5.20. The molecule has 0 saturated heterocycles. The van der Waals surface area contributed by atoms with E-state index in [0.717, 1.165) is 11.3 Å². The predicted molar refractivity (Wildman–Crippen MR) is 47.2 cm³/mol. The lowest BCUT2D eigenvalue weighted by molar-refractivity contribution is 0.329. The molecule has 5 N–H and O–H groups in total. The van der Waals surface area contributed by atoms with Crippen LogP contribution in [0, 0.1) is 0 Å². The zero-order valence-electron chi connectivity index (χ0n) is 6.79. The summed E-state index contributed by atoms with van der Waals surface area (Å²) >= 11 is 0. The standard InChI is InChI=1S/C8H13N3O/c9-6-12-8-3-1-7(2-4-8)5-11-10/h1-4,11H,5-6,9-10H2. The number of rotatable bonds is 4. The fraction of sp³-hybridized carbons (Fsp3) is 0.250. The molecule has 0 aromatic heterocycles. The molecular weight excluding hydrogens is 154 g/mol. The summed E-state index contributed by atoms with van der Waals surface area (Å²) in [5.41, 5.74) is 8.89. The van der Waals surface area contributed by atoms with Gasteiger partial charge in [-0.15, -0.1) is 0 Å². The quantitative estimate of drug-likeness (QED) is 0.334. The van der Waals surface area contributed by atoms with E-state index in [2.05, 4.69) is 5.43 Å². The first-order chi connectivity index (χ1) is 5.86. The lowest BCUT2D eigenvalue weighted by Gasteiger charge is -2.03. The van der Waals surface area contributed by atoms with Crippen LogP contribution in [-0.4, -0.2) is 6.73 Å². The lowest BCUT2D eigenvalue weighted by atomic mass is 10.2. The minimum atomic E-state index is 0.203. The van der Waals surface area contributed by atoms with Crippen LogP contribution < -0.4 is 21.7 Å². The molecule has 0 unspecified atom stereocenters. The van der Waals surface area contributed by atoms with E-state index >= 15 is 0 Å². The number of hydrazine groups is 1. The molecule has 66 valence electrons. The van der Waals surface area contributed by atoms with E-state index in [-0.39, 0.29) is 6.73 Å². The summed E-state index contributed by atoms with van der Waals surface area (Å²) in [6.45, 7) is 0.859. The molecule has 0 saturated carbocycles. The number of ether oxygens (including phenoxy) is 1. The number of hydrogen-bond acceptors (Lipinski definition) is 4. The van der Waals surface area contributed by atoms with Crippen LogP contribution in [0.5, 0.6) is 5.75 Å². The van der Waals surface area contributed by atoms with E-state index in [9.17, 15) is 0 Å². The third-order valence-corrected chi connectivity index (χ3v) is 1.48. The average Bonchev–Trinajstić information content (AvgIpc) is 2.09. The first kappa shape index (κ1) is 8.99. The summed E-state index contributed by atoms with van der Waals surface area (Å²) in [5, 5.41) is 0. The third-order valence-electron chi connectivity index (χ3n) is 1.48. The summed E-state index contributed by atoms with van der Waals surface area (Å²) in [6, 6.07) is 7.59. The summed E-state index contributed by atoms with van der Waals surface area (Å²) < 4.78 is 5.07. The molecule has 0 spiro atoms. The average molecular weight is 167 g/mol. The predicted octanol–water partition coefficient (Wildman–Crippen LogP) is -0.0551. The Labute approximate surface area is 71.5 Å². The molecule has 0 bridgehead atoms. The van der Waals surface area contributed by atoms with Gasteiger partial charge in [0.2, 0.25) is 0 Å². The van der Waals surface area contributed by atoms with E-state index in [1.807, 2.05) is 24.3 Å². The molecule has 0 aliphatic rings. The molecule has 12 heavy (non-hydrogen) atoms. The van der Waals surface area contributed by atoms with Crippen LogP contribution in [0.2, 0.25) is 0 Å². The van der Waals surface area contributed by atoms with Crippen LogP contribution in [0.1, 0.15) is 5.56 Å². The SMILES string of the molecule is NCOc1ccc(CNN)cc1. The van der Waals surface area contributed by atoms with Gasteiger partial charge < -0.3 is 4.74 Å². The Morgan fingerprint density at radius 3 is 2.42 bits per heavy atom. The Morgan fingerprint density at radius 1 is 1.25 bits per heavy atom. The largest absolute Gasteiger partial charge is 0.479 e. The Morgan fingerprint density at radius 2 is 1.92 bits per heavy atom. The first-order valence-corrected chi connectivity index (χ1v) is 3.72. The molecule has 0 aliphatic heterocycles. The molecule has 1 aromatic carbocycles. The number of benzene rings is 1. The highest BCUT2D eigenvalue weighted by molar-refractivity contribution is 5.26. The van der Waals surface area contributed by atoms with Gasteiger partial charge in [-0.3, -0.25) is 17.0 Å². The number of nitrogens with one attached hydrogen (secondary N) is 1. The van der Waals surface area contributed by atoms with Crippen LogP contribution in [0.4, 0.5) is 0 Å². The highest BCUT2D eigenvalue weighted by atomic mass is 16.5. The van der Waals surface area contributed by atoms with E-state index in [1.165, 1.54) is 0 Å². The van der Waals surface area contributed by atoms with Gasteiger partial charge >= 0.3 is 0 Å². The van der Waals surface area contributed by atoms with Crippen LogP contribution >= 0.6 is 0 Å². The lowest BCUT2D eigenvalue weighted by Crippen LogP contribution is -2.20. The maximum atomic E-state index is 5.20. The highest BCUT2D eigenvalue weighted by Crippen LogP contribution is 2.10. The van der Waals surface area contributed by atoms with E-state index in [0.29, 0.717) is 6.54 Å². The molecule has 0 aliphatic carbocycles. The molecule has 1 aromatic rings. The summed E-state index contributed by atoms with van der Waals surface area (Å²) in [6.07, 6.45) is 0. The fourth-order valence-electron chi connectivity index (χ4n) is 0.918. The Bertz CT molecular complexity index is 197. The number of nitrogens with two attached hydrogens (primary N) is 2. The van der Waals surface area contributed by atoms with Gasteiger partial charge in [0, 0.05) is 6.54 Å². The molecule has 4 heteroatoms. The number of hydrogen-bond donors (Lipinski definition) is 3. The van der Waals surface area contributed by atoms with Crippen LogP contribution in [0.3, 0.4) is 0 Å². The monoisotopic (exact) mass is 167 g/mol. The van der Waals surface area contributed by atoms with Crippen molar-refractivity contribution in [1.29, 1.82) is 0 Å². The molecule has 4 nitrogen and oxygen atoms in total. The van der Waals surface area contributed by atoms with Crippen molar-refractivity contribution in [3.8, 4) is 5.75 Å². The molecule has 0 atom stereocenters. The first-order valence-electron chi connectivity index (χ1n) is 3.72. The van der Waals surface area contributed by atoms with E-state index in [4.69, 9.17) is 16.3 Å². The van der Waals surface area contributed by atoms with Crippen molar-refractivity contribution in [3.05, 3.63) is 29.8 Å². The van der Waals surface area contributed by atoms with Gasteiger partial charge in [0.15, 0.2) is 0 Å². The second kappa shape index (κ2) is 4.71. The van der Waals surface area contributed by atoms with Crippen LogP contribution in [0.25, 0.3) is 0 Å². The second-order valence-corrected chi connectivity index (χ2v) is 2.34. The van der Waals surface area contributed by atoms with Crippen molar-refractivity contribution in [3.63, 3.8) is 0 Å². The molecular formula is C8H13N3O. The van der Waals surface area contributed by atoms with Crippen molar-refractivity contribution in [2.24, 2.45) is 11.6 Å². The van der Waals surface area contributed by atoms with Crippen LogP contribution in [-0.2, 0) is 6.54 Å². The Hall–Kier alpha value is -1.10. The summed E-state index contributed by atoms with van der Waals surface area (Å²) in [7, 11) is 0. The minimum Gasteiger partial charge on any atom is -0.479 e. The molecule has 0 amide bonds. The van der Waals surface area contributed by atoms with Gasteiger partial charge in [-0.05, 0) is 17.7 Å². The zero-order chi connectivity index (χ0) is 8.81. The van der Waals surface area contributed by atoms with Crippen molar-refractivity contribution in [2.45, 2.75) is 6.54 Å². The van der Waals surface area contributed by atoms with Gasteiger partial charge in [0.05, 0.1) is 0 Å². The Balaban J connectivity index is 2.58. The fourth-order valence-corrected chi connectivity index (χ4v) is 0.918. The van der Waals surface area contributed by atoms with Gasteiger partial charge in [-0.25, -0.2) is 0 Å². The molecule has 0 fully saturated rings. The Kier molecular flexibility index (Phi) is 3.53. The van der Waals surface area contributed by atoms with Crippen molar-refractivity contribution in [1.82, 2.24) is 5.43 Å². The minimum absolute atomic E-state index is 0.203. The van der Waals surface area contributed by atoms with Gasteiger partial charge in [0.1, 0.15) is 12.5 Å². The van der Waals surface area contributed by atoms with E-state index in [1.54, 1.807) is 0 Å². The highest BCUT2D eigenvalue weighted by Gasteiger charge is 1.92. The summed E-state index contributed by atoms with van der Waals surface area (Å²) in [5.74, 6) is 5.93. The maximum Gasteiger partial charge on any atom is 0.137 e. The van der Waals surface area contributed by atoms with E-state index < -0.39 is 0 Å². The smallest absolute Gasteiger partial charge is 0.137 e. The zero-order valence-corrected chi connectivity index (χ0v) is 6.79. The van der Waals surface area contributed by atoms with Crippen molar-refractivity contribution >= 4 is 0 Å². The third kappa shape index (κ3) is 2.50. The van der Waals surface area contributed by atoms with Crippen molar-refractivity contribution in [2.75, 3.05) is 6.73 Å². The molecule has 1 rings (SSSR count). The van der Waals surface area contributed by atoms with Gasteiger partial charge in [-0.1, -0.05) is 12.1 Å². The normalized spacial score (nSPS) is 9.83. The molecule has 0 heterocycles.